The fraction of sp³-hybridized carbons (Fsp3) is 0.882. The van der Waals surface area contributed by atoms with Crippen LogP contribution in [0.4, 0.5) is 0 Å². The van der Waals surface area contributed by atoms with E-state index in [1.807, 2.05) is 0 Å². The molecule has 0 aromatic heterocycles. The molecule has 2 radical (unpaired) electrons. The second-order valence-electron chi connectivity index (χ2n) is 6.60. The third-order valence-corrected chi connectivity index (χ3v) is 4.95. The Morgan fingerprint density at radius 1 is 1.19 bits per heavy atom. The van der Waals surface area contributed by atoms with Gasteiger partial charge in [-0.25, -0.2) is 0 Å². The van der Waals surface area contributed by atoms with Crippen molar-refractivity contribution in [2.45, 2.75) is 89.2 Å². The van der Waals surface area contributed by atoms with Crippen LogP contribution in [0.2, 0.25) is 0 Å². The standard InChI is InChI=1S/C17H29NO3/c1-2-3-4-5-6-8-15(18(19)20)9-7-10-17-14-11-12-16(13-14)21-17/h14-16H,1-13H2. The molecular weight excluding hydrogens is 266 g/mol. The maximum absolute atomic E-state index is 11.1. The van der Waals surface area contributed by atoms with Crippen molar-refractivity contribution in [1.29, 1.82) is 0 Å². The fourth-order valence-corrected chi connectivity index (χ4v) is 3.69. The van der Waals surface area contributed by atoms with Crippen LogP contribution in [0.1, 0.15) is 77.0 Å². The van der Waals surface area contributed by atoms with Gasteiger partial charge in [-0.05, 0) is 44.4 Å². The van der Waals surface area contributed by atoms with Gasteiger partial charge >= 0.3 is 0 Å². The molecule has 1 aliphatic carbocycles. The van der Waals surface area contributed by atoms with E-state index in [9.17, 15) is 10.1 Å². The summed E-state index contributed by atoms with van der Waals surface area (Å²) >= 11 is 0. The van der Waals surface area contributed by atoms with E-state index in [1.54, 1.807) is 0 Å². The predicted octanol–water partition coefficient (Wildman–Crippen LogP) is 4.71. The minimum absolute atomic E-state index is 0.0757. The molecule has 4 heteroatoms. The lowest BCUT2D eigenvalue weighted by Gasteiger charge is -2.21. The van der Waals surface area contributed by atoms with E-state index in [2.05, 4.69) is 6.92 Å². The Balaban J connectivity index is 1.58. The zero-order chi connectivity index (χ0) is 15.1. The number of unbranched alkanes of at least 4 members (excludes halogenated alkanes) is 4. The lowest BCUT2D eigenvalue weighted by atomic mass is 9.95. The van der Waals surface area contributed by atoms with Gasteiger partial charge in [0.2, 0.25) is 6.04 Å². The lowest BCUT2D eigenvalue weighted by molar-refractivity contribution is -0.524. The normalized spacial score (nSPS) is 26.3. The van der Waals surface area contributed by atoms with Crippen molar-refractivity contribution in [2.75, 3.05) is 0 Å². The Labute approximate surface area is 128 Å². The van der Waals surface area contributed by atoms with Crippen molar-refractivity contribution in [2.24, 2.45) is 5.92 Å². The summed E-state index contributed by atoms with van der Waals surface area (Å²) in [5, 5.41) is 11.1. The number of hydrogen-bond donors (Lipinski definition) is 0. The van der Waals surface area contributed by atoms with E-state index >= 15 is 0 Å². The topological polar surface area (TPSA) is 52.4 Å². The summed E-state index contributed by atoms with van der Waals surface area (Å²) < 4.78 is 5.87. The molecule has 1 aliphatic heterocycles. The largest absolute Gasteiger partial charge is 0.368 e. The van der Waals surface area contributed by atoms with Crippen LogP contribution in [0.15, 0.2) is 0 Å². The second-order valence-corrected chi connectivity index (χ2v) is 6.60. The molecule has 3 atom stereocenters. The van der Waals surface area contributed by atoms with Crippen molar-refractivity contribution in [3.05, 3.63) is 23.1 Å². The lowest BCUT2D eigenvalue weighted by Crippen LogP contribution is -2.20. The maximum atomic E-state index is 11.1. The van der Waals surface area contributed by atoms with Crippen molar-refractivity contribution in [3.63, 3.8) is 0 Å². The predicted molar refractivity (Wildman–Crippen MR) is 83.1 cm³/mol. The molecule has 120 valence electrons. The Hall–Kier alpha value is -0.640. The maximum Gasteiger partial charge on any atom is 0.213 e. The van der Waals surface area contributed by atoms with E-state index in [1.165, 1.54) is 25.4 Å². The first kappa shape index (κ1) is 16.7. The first-order valence-electron chi connectivity index (χ1n) is 8.65. The molecular formula is C17H29NO3. The molecule has 0 spiro atoms. The summed E-state index contributed by atoms with van der Waals surface area (Å²) in [6.07, 6.45) is 14.0. The molecule has 2 aliphatic rings. The zero-order valence-electron chi connectivity index (χ0n) is 13.1. The van der Waals surface area contributed by atoms with Gasteiger partial charge in [0.05, 0.1) is 6.10 Å². The van der Waals surface area contributed by atoms with Crippen molar-refractivity contribution < 1.29 is 9.66 Å². The van der Waals surface area contributed by atoms with E-state index in [-0.39, 0.29) is 11.0 Å². The molecule has 0 amide bonds. The first-order valence-corrected chi connectivity index (χ1v) is 8.65. The highest BCUT2D eigenvalue weighted by Crippen LogP contribution is 2.46. The van der Waals surface area contributed by atoms with Gasteiger partial charge in [0, 0.05) is 17.8 Å². The quantitative estimate of drug-likeness (QED) is 0.315. The van der Waals surface area contributed by atoms with Gasteiger partial charge in [-0.3, -0.25) is 10.1 Å². The Morgan fingerprint density at radius 3 is 2.57 bits per heavy atom. The van der Waals surface area contributed by atoms with E-state index in [0.717, 1.165) is 51.4 Å². The van der Waals surface area contributed by atoms with Gasteiger partial charge < -0.3 is 4.74 Å². The van der Waals surface area contributed by atoms with Crippen LogP contribution in [0.25, 0.3) is 0 Å². The van der Waals surface area contributed by atoms with Gasteiger partial charge in [0.25, 0.3) is 0 Å². The van der Waals surface area contributed by atoms with Crippen LogP contribution < -0.4 is 0 Å². The van der Waals surface area contributed by atoms with E-state index in [0.29, 0.717) is 18.4 Å². The molecule has 0 aromatic carbocycles. The Bertz CT molecular complexity index is 321. The monoisotopic (exact) mass is 295 g/mol. The van der Waals surface area contributed by atoms with Gasteiger partial charge in [-0.2, -0.15) is 0 Å². The smallest absolute Gasteiger partial charge is 0.213 e. The summed E-state index contributed by atoms with van der Waals surface area (Å²) in [6.45, 7) is 3.82. The highest BCUT2D eigenvalue weighted by molar-refractivity contribution is 5.00. The summed E-state index contributed by atoms with van der Waals surface area (Å²) in [5.74, 6) is 0.659. The minimum atomic E-state index is -0.357. The average molecular weight is 295 g/mol. The fourth-order valence-electron chi connectivity index (χ4n) is 3.69. The molecule has 2 bridgehead atoms. The number of hydrogen-bond acceptors (Lipinski definition) is 3. The van der Waals surface area contributed by atoms with Gasteiger partial charge in [0.1, 0.15) is 6.10 Å². The Morgan fingerprint density at radius 2 is 1.95 bits per heavy atom. The molecule has 4 nitrogen and oxygen atoms in total. The molecule has 0 N–H and O–H groups in total. The molecule has 2 fully saturated rings. The second kappa shape index (κ2) is 8.72. The number of rotatable bonds is 11. The third kappa shape index (κ3) is 5.24. The Kier molecular flexibility index (Phi) is 6.94. The number of ether oxygens (including phenoxy) is 1. The third-order valence-electron chi connectivity index (χ3n) is 4.95. The molecule has 21 heavy (non-hydrogen) atoms. The van der Waals surface area contributed by atoms with Crippen molar-refractivity contribution in [3.8, 4) is 0 Å². The van der Waals surface area contributed by atoms with Crippen molar-refractivity contribution in [1.82, 2.24) is 0 Å². The molecule has 1 saturated heterocycles. The highest BCUT2D eigenvalue weighted by atomic mass is 16.6. The summed E-state index contributed by atoms with van der Waals surface area (Å²) in [7, 11) is 0. The SMILES string of the molecule is [CH2]CCCCCCC(CCC[C]1OC2CCC1C2)[N+](=O)[O-]. The summed E-state index contributed by atoms with van der Waals surface area (Å²) in [4.78, 5) is 11.1. The number of fused-ring (bicyclic) bond motifs is 2. The van der Waals surface area contributed by atoms with Gasteiger partial charge in [-0.15, -0.1) is 0 Å². The number of nitrogens with zero attached hydrogens (tertiary/aromatic N) is 1. The number of nitro groups is 1. The van der Waals surface area contributed by atoms with E-state index < -0.39 is 0 Å². The van der Waals surface area contributed by atoms with Crippen LogP contribution in [0.5, 0.6) is 0 Å². The van der Waals surface area contributed by atoms with Crippen LogP contribution in [-0.4, -0.2) is 17.1 Å². The van der Waals surface area contributed by atoms with E-state index in [4.69, 9.17) is 4.74 Å². The highest BCUT2D eigenvalue weighted by Gasteiger charge is 2.41. The molecule has 3 unspecified atom stereocenters. The molecule has 1 heterocycles. The molecule has 0 aromatic rings. The first-order chi connectivity index (χ1) is 10.2. The van der Waals surface area contributed by atoms with Crippen molar-refractivity contribution >= 4 is 0 Å². The van der Waals surface area contributed by atoms with Crippen LogP contribution in [0, 0.1) is 29.1 Å². The molecule has 1 saturated carbocycles. The average Bonchev–Trinajstić information content (AvgIpc) is 3.07. The summed E-state index contributed by atoms with van der Waals surface area (Å²) in [5.41, 5.74) is 0. The summed E-state index contributed by atoms with van der Waals surface area (Å²) in [6, 6.07) is -0.357. The molecule has 2 rings (SSSR count). The van der Waals surface area contributed by atoms with Gasteiger partial charge in [-0.1, -0.05) is 32.6 Å². The van der Waals surface area contributed by atoms with Gasteiger partial charge in [0.15, 0.2) is 0 Å². The van der Waals surface area contributed by atoms with Crippen LogP contribution in [0.3, 0.4) is 0 Å². The minimum Gasteiger partial charge on any atom is -0.368 e. The van der Waals surface area contributed by atoms with Crippen LogP contribution >= 0.6 is 0 Å². The zero-order valence-corrected chi connectivity index (χ0v) is 13.1. The van der Waals surface area contributed by atoms with Crippen LogP contribution in [-0.2, 0) is 4.74 Å².